The summed E-state index contributed by atoms with van der Waals surface area (Å²) in [4.78, 5) is 27.4. The van der Waals surface area contributed by atoms with Crippen molar-refractivity contribution < 1.29 is 19.1 Å². The van der Waals surface area contributed by atoms with Gasteiger partial charge in [-0.3, -0.25) is 14.5 Å². The maximum absolute atomic E-state index is 13.0. The molecule has 186 valence electrons. The Morgan fingerprint density at radius 3 is 2.54 bits per heavy atom. The van der Waals surface area contributed by atoms with Crippen molar-refractivity contribution in [1.82, 2.24) is 4.90 Å². The smallest absolute Gasteiger partial charge is 0.293 e. The minimum atomic E-state index is -0.229. The Kier molecular flexibility index (Phi) is 9.08. The van der Waals surface area contributed by atoms with Crippen molar-refractivity contribution >= 4 is 68.1 Å². The second-order valence-corrected chi connectivity index (χ2v) is 11.3. The van der Waals surface area contributed by atoms with E-state index in [1.807, 2.05) is 19.1 Å². The molecule has 0 radical (unpaired) electrons. The van der Waals surface area contributed by atoms with Gasteiger partial charge in [0.2, 0.25) is 0 Å². The molecule has 2 amide bonds. The Morgan fingerprint density at radius 1 is 1.09 bits per heavy atom. The average Bonchev–Trinajstić information content (AvgIpc) is 3.09. The fraction of sp³-hybridized carbons (Fsp3) is 0.385. The molecule has 5 nitrogen and oxygen atoms in total. The largest absolute Gasteiger partial charge is 0.490 e. The van der Waals surface area contributed by atoms with Gasteiger partial charge in [0.1, 0.15) is 6.61 Å². The van der Waals surface area contributed by atoms with Crippen LogP contribution in [-0.4, -0.2) is 29.2 Å². The summed E-state index contributed by atoms with van der Waals surface area (Å²) in [6.07, 6.45) is 7.46. The van der Waals surface area contributed by atoms with E-state index in [4.69, 9.17) is 32.7 Å². The zero-order valence-corrected chi connectivity index (χ0v) is 23.2. The summed E-state index contributed by atoms with van der Waals surface area (Å²) >= 11 is 16.8. The molecule has 2 aromatic rings. The summed E-state index contributed by atoms with van der Waals surface area (Å²) in [6.45, 7) is 3.07. The lowest BCUT2D eigenvalue weighted by molar-refractivity contribution is -0.123. The van der Waals surface area contributed by atoms with Crippen molar-refractivity contribution in [2.45, 2.75) is 45.6 Å². The molecule has 2 fully saturated rings. The topological polar surface area (TPSA) is 55.8 Å². The highest BCUT2D eigenvalue weighted by Crippen LogP contribution is 2.39. The van der Waals surface area contributed by atoms with Gasteiger partial charge in [-0.2, -0.15) is 0 Å². The molecule has 0 N–H and O–H groups in total. The molecule has 0 aromatic heterocycles. The molecule has 35 heavy (non-hydrogen) atoms. The van der Waals surface area contributed by atoms with Crippen molar-refractivity contribution in [3.8, 4) is 11.5 Å². The van der Waals surface area contributed by atoms with Crippen LogP contribution in [-0.2, 0) is 11.4 Å². The predicted molar refractivity (Wildman–Crippen MR) is 145 cm³/mol. The van der Waals surface area contributed by atoms with Gasteiger partial charge < -0.3 is 9.47 Å². The van der Waals surface area contributed by atoms with Crippen LogP contribution in [0.15, 0.2) is 39.7 Å². The summed E-state index contributed by atoms with van der Waals surface area (Å²) in [5, 5.41) is 0.881. The van der Waals surface area contributed by atoms with Gasteiger partial charge in [-0.25, -0.2) is 0 Å². The van der Waals surface area contributed by atoms with E-state index in [0.717, 1.165) is 40.2 Å². The molecule has 1 aliphatic carbocycles. The molecule has 0 unspecified atom stereocenters. The number of rotatable bonds is 8. The average molecular weight is 599 g/mol. The van der Waals surface area contributed by atoms with Crippen molar-refractivity contribution in [1.29, 1.82) is 0 Å². The third-order valence-electron chi connectivity index (χ3n) is 6.09. The molecule has 1 saturated heterocycles. The second kappa shape index (κ2) is 12.0. The first kappa shape index (κ1) is 26.4. The van der Waals surface area contributed by atoms with Gasteiger partial charge in [0.15, 0.2) is 11.5 Å². The number of hydrogen-bond donors (Lipinski definition) is 0. The number of nitrogens with zero attached hydrogens (tertiary/aromatic N) is 1. The summed E-state index contributed by atoms with van der Waals surface area (Å²) in [5.74, 6) is 1.24. The highest BCUT2D eigenvalue weighted by molar-refractivity contribution is 9.10. The Bertz CT molecular complexity index is 1150. The van der Waals surface area contributed by atoms with E-state index in [9.17, 15) is 9.59 Å². The molecule has 0 atom stereocenters. The normalized spacial score (nSPS) is 17.9. The number of hydrogen-bond acceptors (Lipinski definition) is 5. The summed E-state index contributed by atoms with van der Waals surface area (Å²) in [7, 11) is 0. The van der Waals surface area contributed by atoms with E-state index in [1.54, 1.807) is 24.3 Å². The van der Waals surface area contributed by atoms with E-state index in [-0.39, 0.29) is 17.8 Å². The van der Waals surface area contributed by atoms with Crippen molar-refractivity contribution in [3.63, 3.8) is 0 Å². The van der Waals surface area contributed by atoms with Gasteiger partial charge in [0, 0.05) is 26.6 Å². The zero-order valence-electron chi connectivity index (χ0n) is 19.3. The lowest BCUT2D eigenvalue weighted by Crippen LogP contribution is -2.34. The lowest BCUT2D eigenvalue weighted by atomic mass is 9.89. The first-order valence-corrected chi connectivity index (χ1v) is 14.0. The van der Waals surface area contributed by atoms with Crippen molar-refractivity contribution in [2.24, 2.45) is 5.92 Å². The van der Waals surface area contributed by atoms with Crippen LogP contribution in [0.1, 0.15) is 50.2 Å². The third-order valence-corrected chi connectivity index (χ3v) is 8.27. The number of carbonyl (C=O) groups is 2. The highest BCUT2D eigenvalue weighted by atomic mass is 79.9. The number of ether oxygens (including phenoxy) is 2. The summed E-state index contributed by atoms with van der Waals surface area (Å²) in [5.41, 5.74) is 1.53. The quantitative estimate of drug-likeness (QED) is 0.286. The van der Waals surface area contributed by atoms with Gasteiger partial charge in [-0.15, -0.1) is 0 Å². The first-order chi connectivity index (χ1) is 16.9. The Hall–Kier alpha value is -1.67. The second-order valence-electron chi connectivity index (χ2n) is 8.57. The van der Waals surface area contributed by atoms with Gasteiger partial charge >= 0.3 is 0 Å². The molecule has 0 bridgehead atoms. The van der Waals surface area contributed by atoms with Crippen LogP contribution in [0.5, 0.6) is 11.5 Å². The fourth-order valence-corrected chi connectivity index (χ4v) is 6.00. The number of carbonyl (C=O) groups excluding carboxylic acids is 2. The molecule has 4 rings (SSSR count). The summed E-state index contributed by atoms with van der Waals surface area (Å²) in [6, 6.07) is 8.85. The van der Waals surface area contributed by atoms with Crippen molar-refractivity contribution in [3.05, 3.63) is 60.9 Å². The molecule has 1 aliphatic heterocycles. The van der Waals surface area contributed by atoms with Crippen LogP contribution in [0.25, 0.3) is 6.08 Å². The van der Waals surface area contributed by atoms with Gasteiger partial charge in [-0.1, -0.05) is 64.5 Å². The van der Waals surface area contributed by atoms with E-state index in [0.29, 0.717) is 45.5 Å². The molecular weight excluding hydrogens is 573 g/mol. The van der Waals surface area contributed by atoms with Crippen molar-refractivity contribution in [2.75, 3.05) is 13.2 Å². The van der Waals surface area contributed by atoms with Gasteiger partial charge in [0.05, 0.1) is 11.5 Å². The maximum Gasteiger partial charge on any atom is 0.293 e. The van der Waals surface area contributed by atoms with Crippen LogP contribution < -0.4 is 9.47 Å². The Balaban J connectivity index is 1.52. The summed E-state index contributed by atoms with van der Waals surface area (Å²) < 4.78 is 12.5. The standard InChI is InChI=1S/C26H26BrCl2NO4S/c1-2-33-22-10-18(20(27)13-23(22)34-15-17-8-9-19(28)12-21(17)29)11-24-25(31)30(26(32)35-24)14-16-6-4-3-5-7-16/h8-13,16H,2-7,14-15H2,1H3/b24-11+. The lowest BCUT2D eigenvalue weighted by Gasteiger charge is -2.25. The van der Waals surface area contributed by atoms with Gasteiger partial charge in [-0.05, 0) is 73.4 Å². The number of benzene rings is 2. The molecular formula is C26H26BrCl2NO4S. The molecule has 1 heterocycles. The molecule has 0 spiro atoms. The maximum atomic E-state index is 13.0. The first-order valence-electron chi connectivity index (χ1n) is 11.6. The molecule has 9 heteroatoms. The van der Waals surface area contributed by atoms with E-state index in [2.05, 4.69) is 15.9 Å². The Labute approximate surface area is 228 Å². The number of imide groups is 1. The molecule has 1 saturated carbocycles. The van der Waals surface area contributed by atoms with Crippen LogP contribution in [0, 0.1) is 5.92 Å². The third kappa shape index (κ3) is 6.56. The minimum Gasteiger partial charge on any atom is -0.490 e. The van der Waals surface area contributed by atoms with Crippen LogP contribution in [0.2, 0.25) is 10.0 Å². The monoisotopic (exact) mass is 597 g/mol. The SMILES string of the molecule is CCOc1cc(/C=C2/SC(=O)N(CC3CCCCC3)C2=O)c(Br)cc1OCc1ccc(Cl)cc1Cl. The fourth-order valence-electron chi connectivity index (χ4n) is 4.26. The Morgan fingerprint density at radius 2 is 1.83 bits per heavy atom. The van der Waals surface area contributed by atoms with E-state index >= 15 is 0 Å². The van der Waals surface area contributed by atoms with Crippen LogP contribution in [0.4, 0.5) is 4.79 Å². The number of halogens is 3. The number of amides is 2. The molecule has 2 aliphatic rings. The number of thioether (sulfide) groups is 1. The molecule has 2 aromatic carbocycles. The van der Waals surface area contributed by atoms with E-state index < -0.39 is 0 Å². The van der Waals surface area contributed by atoms with Crippen LogP contribution in [0.3, 0.4) is 0 Å². The minimum absolute atomic E-state index is 0.201. The van der Waals surface area contributed by atoms with Crippen LogP contribution >= 0.6 is 50.9 Å². The highest BCUT2D eigenvalue weighted by Gasteiger charge is 2.36. The zero-order chi connectivity index (χ0) is 24.9. The van der Waals surface area contributed by atoms with E-state index in [1.165, 1.54) is 24.2 Å². The predicted octanol–water partition coefficient (Wildman–Crippen LogP) is 8.35. The van der Waals surface area contributed by atoms with Gasteiger partial charge in [0.25, 0.3) is 11.1 Å².